The first-order valence-electron chi connectivity index (χ1n) is 5.04. The Hall–Kier alpha value is -1.48. The Labute approximate surface area is 104 Å². The van der Waals surface area contributed by atoms with Crippen LogP contribution < -0.4 is 11.1 Å². The van der Waals surface area contributed by atoms with Crippen LogP contribution in [0.5, 0.6) is 0 Å². The molecular weight excluding hydrogens is 264 g/mol. The van der Waals surface area contributed by atoms with E-state index < -0.39 is 0 Å². The van der Waals surface area contributed by atoms with Gasteiger partial charge in [0.05, 0.1) is 11.4 Å². The first kappa shape index (κ1) is 11.0. The maximum atomic E-state index is 5.86. The summed E-state index contributed by atoms with van der Waals surface area (Å²) >= 11 is 3.48. The van der Waals surface area contributed by atoms with Crippen LogP contribution in [0.4, 0.5) is 17.1 Å². The molecule has 0 saturated heterocycles. The lowest BCUT2D eigenvalue weighted by Gasteiger charge is -2.10. The summed E-state index contributed by atoms with van der Waals surface area (Å²) in [5.74, 6) is 0. The van der Waals surface area contributed by atoms with Gasteiger partial charge in [0.2, 0.25) is 0 Å². The standard InChI is InChI=1S/C13H13BrN2/c1-9-8-10(6-7-11(9)14)16-13-5-3-2-4-12(13)15/h2-8,16H,15H2,1H3. The van der Waals surface area contributed by atoms with Crippen molar-refractivity contribution in [1.82, 2.24) is 0 Å². The second kappa shape index (κ2) is 4.58. The number of nitrogen functional groups attached to an aromatic ring is 1. The van der Waals surface area contributed by atoms with Gasteiger partial charge < -0.3 is 11.1 Å². The van der Waals surface area contributed by atoms with Gasteiger partial charge in [-0.2, -0.15) is 0 Å². The molecule has 0 spiro atoms. The molecule has 2 aromatic carbocycles. The molecule has 0 saturated carbocycles. The minimum absolute atomic E-state index is 0.753. The average molecular weight is 277 g/mol. The molecule has 0 unspecified atom stereocenters. The summed E-state index contributed by atoms with van der Waals surface area (Å²) in [6, 6.07) is 13.9. The molecule has 3 N–H and O–H groups in total. The number of anilines is 3. The third-order valence-corrected chi connectivity index (χ3v) is 3.29. The molecule has 0 radical (unpaired) electrons. The van der Waals surface area contributed by atoms with Gasteiger partial charge in [0.25, 0.3) is 0 Å². The molecule has 0 aliphatic heterocycles. The third kappa shape index (κ3) is 2.36. The zero-order chi connectivity index (χ0) is 11.5. The Morgan fingerprint density at radius 1 is 1.12 bits per heavy atom. The molecule has 0 aliphatic rings. The Morgan fingerprint density at radius 3 is 2.56 bits per heavy atom. The van der Waals surface area contributed by atoms with Gasteiger partial charge in [-0.1, -0.05) is 28.1 Å². The summed E-state index contributed by atoms with van der Waals surface area (Å²) in [6.45, 7) is 2.06. The average Bonchev–Trinajstić information content (AvgIpc) is 2.27. The summed E-state index contributed by atoms with van der Waals surface area (Å²) in [5.41, 5.74) is 9.79. The molecule has 3 heteroatoms. The number of nitrogens with two attached hydrogens (primary N) is 1. The molecule has 0 fully saturated rings. The van der Waals surface area contributed by atoms with Crippen molar-refractivity contribution >= 4 is 33.0 Å². The monoisotopic (exact) mass is 276 g/mol. The van der Waals surface area contributed by atoms with Crippen LogP contribution in [0.2, 0.25) is 0 Å². The number of nitrogens with one attached hydrogen (secondary N) is 1. The quantitative estimate of drug-likeness (QED) is 0.811. The highest BCUT2D eigenvalue weighted by Gasteiger charge is 2.00. The Balaban J connectivity index is 2.28. The minimum atomic E-state index is 0.753. The molecule has 2 rings (SSSR count). The van der Waals surface area contributed by atoms with E-state index in [2.05, 4.69) is 34.2 Å². The van der Waals surface area contributed by atoms with Crippen LogP contribution in [-0.2, 0) is 0 Å². The fourth-order valence-electron chi connectivity index (χ4n) is 1.49. The number of hydrogen-bond acceptors (Lipinski definition) is 2. The molecule has 0 atom stereocenters. The lowest BCUT2D eigenvalue weighted by molar-refractivity contribution is 1.42. The van der Waals surface area contributed by atoms with Crippen molar-refractivity contribution in [2.75, 3.05) is 11.1 Å². The van der Waals surface area contributed by atoms with E-state index in [4.69, 9.17) is 5.73 Å². The van der Waals surface area contributed by atoms with Crippen molar-refractivity contribution in [3.05, 3.63) is 52.5 Å². The molecule has 2 nitrogen and oxygen atoms in total. The topological polar surface area (TPSA) is 38.0 Å². The third-order valence-electron chi connectivity index (χ3n) is 2.40. The lowest BCUT2D eigenvalue weighted by atomic mass is 10.2. The van der Waals surface area contributed by atoms with Crippen molar-refractivity contribution in [3.8, 4) is 0 Å². The van der Waals surface area contributed by atoms with Crippen LogP contribution in [0, 0.1) is 6.92 Å². The molecular formula is C13H13BrN2. The fourth-order valence-corrected chi connectivity index (χ4v) is 1.74. The van der Waals surface area contributed by atoms with Crippen LogP contribution in [0.1, 0.15) is 5.56 Å². The first-order valence-corrected chi connectivity index (χ1v) is 5.84. The van der Waals surface area contributed by atoms with Gasteiger partial charge in [0.1, 0.15) is 0 Å². The van der Waals surface area contributed by atoms with Gasteiger partial charge in [-0.05, 0) is 42.8 Å². The Kier molecular flexibility index (Phi) is 3.15. The van der Waals surface area contributed by atoms with Crippen LogP contribution >= 0.6 is 15.9 Å². The number of hydrogen-bond donors (Lipinski definition) is 2. The molecule has 0 bridgehead atoms. The summed E-state index contributed by atoms with van der Waals surface area (Å²) in [6.07, 6.45) is 0. The lowest BCUT2D eigenvalue weighted by Crippen LogP contribution is -1.95. The summed E-state index contributed by atoms with van der Waals surface area (Å²) in [4.78, 5) is 0. The van der Waals surface area contributed by atoms with Crippen LogP contribution in [-0.4, -0.2) is 0 Å². The van der Waals surface area contributed by atoms with Gasteiger partial charge in [-0.15, -0.1) is 0 Å². The highest BCUT2D eigenvalue weighted by Crippen LogP contribution is 2.25. The molecule has 16 heavy (non-hydrogen) atoms. The van der Waals surface area contributed by atoms with E-state index in [9.17, 15) is 0 Å². The van der Waals surface area contributed by atoms with Crippen molar-refractivity contribution < 1.29 is 0 Å². The van der Waals surface area contributed by atoms with Gasteiger partial charge in [-0.3, -0.25) is 0 Å². The molecule has 0 heterocycles. The highest BCUT2D eigenvalue weighted by atomic mass is 79.9. The normalized spacial score (nSPS) is 10.1. The summed E-state index contributed by atoms with van der Waals surface area (Å²) in [5, 5.41) is 3.29. The van der Waals surface area contributed by atoms with Gasteiger partial charge in [0.15, 0.2) is 0 Å². The van der Waals surface area contributed by atoms with Crippen molar-refractivity contribution in [1.29, 1.82) is 0 Å². The predicted octanol–water partition coefficient (Wildman–Crippen LogP) is 4.08. The number of para-hydroxylation sites is 2. The maximum Gasteiger partial charge on any atom is 0.0617 e. The molecule has 0 amide bonds. The summed E-state index contributed by atoms with van der Waals surface area (Å²) < 4.78 is 1.11. The SMILES string of the molecule is Cc1cc(Nc2ccccc2N)ccc1Br. The van der Waals surface area contributed by atoms with Gasteiger partial charge >= 0.3 is 0 Å². The van der Waals surface area contributed by atoms with Gasteiger partial charge in [0, 0.05) is 10.2 Å². The zero-order valence-corrected chi connectivity index (χ0v) is 10.6. The molecule has 82 valence electrons. The maximum absolute atomic E-state index is 5.86. The minimum Gasteiger partial charge on any atom is -0.397 e. The number of rotatable bonds is 2. The molecule has 0 aromatic heterocycles. The molecule has 2 aromatic rings. The van der Waals surface area contributed by atoms with Crippen LogP contribution in [0.25, 0.3) is 0 Å². The number of halogens is 1. The van der Waals surface area contributed by atoms with E-state index in [1.807, 2.05) is 36.4 Å². The van der Waals surface area contributed by atoms with Crippen molar-refractivity contribution in [3.63, 3.8) is 0 Å². The second-order valence-electron chi connectivity index (χ2n) is 3.68. The predicted molar refractivity (Wildman–Crippen MR) is 73.0 cm³/mol. The second-order valence-corrected chi connectivity index (χ2v) is 4.53. The van der Waals surface area contributed by atoms with E-state index >= 15 is 0 Å². The van der Waals surface area contributed by atoms with E-state index in [1.165, 1.54) is 5.56 Å². The first-order chi connectivity index (χ1) is 7.66. The van der Waals surface area contributed by atoms with Crippen LogP contribution in [0.15, 0.2) is 46.9 Å². The smallest absolute Gasteiger partial charge is 0.0617 e. The molecule has 0 aliphatic carbocycles. The van der Waals surface area contributed by atoms with Gasteiger partial charge in [-0.25, -0.2) is 0 Å². The highest BCUT2D eigenvalue weighted by molar-refractivity contribution is 9.10. The Bertz CT molecular complexity index is 509. The Morgan fingerprint density at radius 2 is 1.88 bits per heavy atom. The number of benzene rings is 2. The van der Waals surface area contributed by atoms with Crippen molar-refractivity contribution in [2.45, 2.75) is 6.92 Å². The number of aryl methyl sites for hydroxylation is 1. The fraction of sp³-hybridized carbons (Fsp3) is 0.0769. The van der Waals surface area contributed by atoms with Crippen molar-refractivity contribution in [2.24, 2.45) is 0 Å². The van der Waals surface area contributed by atoms with Crippen LogP contribution in [0.3, 0.4) is 0 Å². The zero-order valence-electron chi connectivity index (χ0n) is 9.00. The largest absolute Gasteiger partial charge is 0.397 e. The summed E-state index contributed by atoms with van der Waals surface area (Å²) in [7, 11) is 0. The van der Waals surface area contributed by atoms with E-state index in [-0.39, 0.29) is 0 Å². The van der Waals surface area contributed by atoms with E-state index in [0.29, 0.717) is 0 Å². The van der Waals surface area contributed by atoms with E-state index in [0.717, 1.165) is 21.5 Å². The van der Waals surface area contributed by atoms with E-state index in [1.54, 1.807) is 0 Å².